The molecule has 3 nitrogen and oxygen atoms in total. The average molecular weight is 555 g/mol. The molecule has 1 aliphatic rings. The van der Waals surface area contributed by atoms with Gasteiger partial charge in [-0.05, 0) is 58.7 Å². The van der Waals surface area contributed by atoms with Crippen molar-refractivity contribution in [2.24, 2.45) is 0 Å². The van der Waals surface area contributed by atoms with Gasteiger partial charge in [0.2, 0.25) is 0 Å². The highest BCUT2D eigenvalue weighted by atomic mass is 31.2. The summed E-state index contributed by atoms with van der Waals surface area (Å²) in [6.07, 6.45) is 0. The molecule has 0 radical (unpaired) electrons. The van der Waals surface area contributed by atoms with Crippen LogP contribution in [0.25, 0.3) is 32.7 Å². The van der Waals surface area contributed by atoms with Crippen molar-refractivity contribution in [3.8, 4) is 22.6 Å². The molecule has 0 aromatic heterocycles. The Labute approximate surface area is 242 Å². The Balaban J connectivity index is 1.49. The first kappa shape index (κ1) is 25.8. The summed E-state index contributed by atoms with van der Waals surface area (Å²) in [5.74, 6) is 1.72. The van der Waals surface area contributed by atoms with Crippen molar-refractivity contribution in [2.45, 2.75) is 25.9 Å². The predicted molar refractivity (Wildman–Crippen MR) is 173 cm³/mol. The topological polar surface area (TPSA) is 21.7 Å². The lowest BCUT2D eigenvalue weighted by Gasteiger charge is -2.37. The Morgan fingerprint density at radius 1 is 0.488 bits per heavy atom. The van der Waals surface area contributed by atoms with Gasteiger partial charge in [0, 0.05) is 11.1 Å². The van der Waals surface area contributed by atoms with Gasteiger partial charge in [-0.2, -0.15) is 0 Å². The van der Waals surface area contributed by atoms with Gasteiger partial charge in [-0.3, -0.25) is 9.05 Å². The van der Waals surface area contributed by atoms with E-state index in [9.17, 15) is 0 Å². The first-order chi connectivity index (χ1) is 20.0. The summed E-state index contributed by atoms with van der Waals surface area (Å²) in [5.41, 5.74) is 4.65. The number of fused-ring (bicyclic) bond motifs is 7. The zero-order valence-corrected chi connectivity index (χ0v) is 24.5. The van der Waals surface area contributed by atoms with E-state index in [-0.39, 0.29) is 12.1 Å². The number of benzene rings is 6. The second-order valence-corrected chi connectivity index (χ2v) is 13.3. The summed E-state index contributed by atoms with van der Waals surface area (Å²) < 4.78 is 17.0. The van der Waals surface area contributed by atoms with Crippen LogP contribution in [0.3, 0.4) is 0 Å². The minimum Gasteiger partial charge on any atom is -0.290 e. The third-order valence-corrected chi connectivity index (χ3v) is 10.9. The first-order valence-corrected chi connectivity index (χ1v) is 16.2. The summed E-state index contributed by atoms with van der Waals surface area (Å²) in [6.45, 7) is 6.70. The van der Waals surface area contributed by atoms with Crippen LogP contribution in [-0.2, 0) is 0 Å². The van der Waals surface area contributed by atoms with Gasteiger partial charge in [0.15, 0.2) is 11.5 Å². The average Bonchev–Trinajstić information content (AvgIpc) is 3.15. The van der Waals surface area contributed by atoms with Crippen molar-refractivity contribution in [2.75, 3.05) is 6.66 Å². The first-order valence-electron chi connectivity index (χ1n) is 14.2. The Morgan fingerprint density at radius 3 is 1.32 bits per heavy atom. The molecular formula is C37H33NO2P+. The van der Waals surface area contributed by atoms with E-state index in [1.54, 1.807) is 0 Å². The van der Waals surface area contributed by atoms with Crippen LogP contribution < -0.4 is 9.05 Å². The maximum Gasteiger partial charge on any atom is 0.436 e. The second kappa shape index (κ2) is 10.3. The molecule has 4 heteroatoms. The van der Waals surface area contributed by atoms with E-state index in [1.165, 1.54) is 32.7 Å². The third kappa shape index (κ3) is 4.47. The van der Waals surface area contributed by atoms with Gasteiger partial charge >= 0.3 is 7.87 Å². The van der Waals surface area contributed by atoms with Crippen LogP contribution in [0.5, 0.6) is 11.5 Å². The van der Waals surface area contributed by atoms with Gasteiger partial charge in [-0.25, -0.2) is 0 Å². The minimum atomic E-state index is -2.75. The molecule has 7 rings (SSSR count). The van der Waals surface area contributed by atoms with Crippen molar-refractivity contribution >= 4 is 29.4 Å². The SMILES string of the molecule is CC(c1ccccc1)N([C@@H](C)c1ccccc1)[P+]1(C)Oc2ccc3ccccc3c2-c2c(ccc3ccccc23)O1. The van der Waals surface area contributed by atoms with Crippen LogP contribution in [0.15, 0.2) is 133 Å². The molecule has 0 N–H and O–H groups in total. The Morgan fingerprint density at radius 2 is 0.878 bits per heavy atom. The van der Waals surface area contributed by atoms with Crippen LogP contribution in [0.1, 0.15) is 37.1 Å². The predicted octanol–water partition coefficient (Wildman–Crippen LogP) is 10.6. The van der Waals surface area contributed by atoms with Crippen LogP contribution >= 0.6 is 7.87 Å². The largest absolute Gasteiger partial charge is 0.436 e. The number of hydrogen-bond donors (Lipinski definition) is 0. The molecule has 0 saturated carbocycles. The molecule has 0 amide bonds. The third-order valence-electron chi connectivity index (χ3n) is 8.34. The van der Waals surface area contributed by atoms with Crippen molar-refractivity contribution < 1.29 is 9.05 Å². The zero-order chi connectivity index (χ0) is 28.0. The second-order valence-electron chi connectivity index (χ2n) is 10.9. The van der Waals surface area contributed by atoms with Crippen molar-refractivity contribution in [3.63, 3.8) is 0 Å². The quantitative estimate of drug-likeness (QED) is 0.198. The lowest BCUT2D eigenvalue weighted by atomic mass is 9.92. The van der Waals surface area contributed by atoms with E-state index in [0.717, 1.165) is 22.6 Å². The molecule has 0 saturated heterocycles. The molecule has 41 heavy (non-hydrogen) atoms. The van der Waals surface area contributed by atoms with E-state index >= 15 is 0 Å². The smallest absolute Gasteiger partial charge is 0.290 e. The fraction of sp³-hybridized carbons (Fsp3) is 0.135. The molecule has 1 heterocycles. The summed E-state index contributed by atoms with van der Waals surface area (Å²) in [4.78, 5) is 0. The maximum atomic E-state index is 7.25. The normalized spacial score (nSPS) is 15.3. The van der Waals surface area contributed by atoms with E-state index < -0.39 is 7.87 Å². The molecule has 1 aliphatic heterocycles. The highest BCUT2D eigenvalue weighted by molar-refractivity contribution is 7.64. The van der Waals surface area contributed by atoms with Gasteiger partial charge in [0.05, 0.1) is 12.1 Å². The number of hydrogen-bond acceptors (Lipinski definition) is 3. The van der Waals surface area contributed by atoms with Crippen LogP contribution in [0, 0.1) is 0 Å². The van der Waals surface area contributed by atoms with Gasteiger partial charge in [-0.1, -0.05) is 121 Å². The Kier molecular flexibility index (Phi) is 6.50. The fourth-order valence-electron chi connectivity index (χ4n) is 6.38. The van der Waals surface area contributed by atoms with Crippen LogP contribution in [0.2, 0.25) is 0 Å². The number of nitrogens with zero attached hydrogens (tertiary/aromatic N) is 1. The monoisotopic (exact) mass is 554 g/mol. The van der Waals surface area contributed by atoms with Crippen molar-refractivity contribution in [1.82, 2.24) is 4.67 Å². The minimum absolute atomic E-state index is 0.0376. The molecule has 2 atom stereocenters. The molecule has 6 aromatic carbocycles. The Hall–Kier alpha value is -4.17. The van der Waals surface area contributed by atoms with Gasteiger partial charge in [0.1, 0.15) is 6.66 Å². The standard InChI is InChI=1S/C37H33NO2P/c1-26(28-14-6-4-7-15-28)38(27(2)29-16-8-5-9-17-29)41(3)39-34-24-22-30-18-10-12-20-32(30)36(34)37-33-21-13-11-19-31(33)23-25-35(37)40-41/h4-27H,1-3H3/q+1/t26-,27?/m0/s1. The summed E-state index contributed by atoms with van der Waals surface area (Å²) in [7, 11) is -2.75. The van der Waals surface area contributed by atoms with Crippen LogP contribution in [0.4, 0.5) is 0 Å². The molecule has 0 bridgehead atoms. The molecule has 0 spiro atoms. The van der Waals surface area contributed by atoms with Gasteiger partial charge in [-0.15, -0.1) is 4.67 Å². The maximum absolute atomic E-state index is 7.25. The van der Waals surface area contributed by atoms with E-state index in [2.05, 4.69) is 159 Å². The van der Waals surface area contributed by atoms with Gasteiger partial charge in [0.25, 0.3) is 0 Å². The van der Waals surface area contributed by atoms with Crippen molar-refractivity contribution in [1.29, 1.82) is 0 Å². The summed E-state index contributed by atoms with van der Waals surface area (Å²) in [6, 6.07) is 47.2. The highest BCUT2D eigenvalue weighted by Gasteiger charge is 2.55. The number of rotatable bonds is 5. The zero-order valence-electron chi connectivity index (χ0n) is 23.6. The van der Waals surface area contributed by atoms with E-state index in [0.29, 0.717) is 0 Å². The van der Waals surface area contributed by atoms with E-state index in [4.69, 9.17) is 9.05 Å². The van der Waals surface area contributed by atoms with Crippen molar-refractivity contribution in [3.05, 3.63) is 145 Å². The molecule has 0 fully saturated rings. The van der Waals surface area contributed by atoms with E-state index in [1.807, 2.05) is 0 Å². The fourth-order valence-corrected chi connectivity index (χ4v) is 9.17. The lowest BCUT2D eigenvalue weighted by molar-refractivity contribution is 0.235. The van der Waals surface area contributed by atoms with Gasteiger partial charge < -0.3 is 0 Å². The highest BCUT2D eigenvalue weighted by Crippen LogP contribution is 2.69. The molecule has 6 aromatic rings. The lowest BCUT2D eigenvalue weighted by Crippen LogP contribution is -2.34. The van der Waals surface area contributed by atoms with Crippen LogP contribution in [-0.4, -0.2) is 11.3 Å². The molecule has 0 aliphatic carbocycles. The molecule has 1 unspecified atom stereocenters. The Bertz CT molecular complexity index is 1720. The molecule has 202 valence electrons. The summed E-state index contributed by atoms with van der Waals surface area (Å²) >= 11 is 0. The molecular weight excluding hydrogens is 521 g/mol. The summed E-state index contributed by atoms with van der Waals surface area (Å²) in [5, 5.41) is 4.70.